The van der Waals surface area contributed by atoms with Crippen LogP contribution in [0.15, 0.2) is 42.7 Å². The van der Waals surface area contributed by atoms with Gasteiger partial charge in [0.2, 0.25) is 0 Å². The molecule has 0 atom stereocenters. The van der Waals surface area contributed by atoms with Crippen LogP contribution in [-0.2, 0) is 0 Å². The highest BCUT2D eigenvalue weighted by Crippen LogP contribution is 2.29. The highest BCUT2D eigenvalue weighted by molar-refractivity contribution is 7.22. The number of rotatable bonds is 4. The van der Waals surface area contributed by atoms with Crippen LogP contribution in [0.25, 0.3) is 10.2 Å². The molecule has 2 aromatic heterocycles. The van der Waals surface area contributed by atoms with Gasteiger partial charge in [0.15, 0.2) is 17.5 Å². The summed E-state index contributed by atoms with van der Waals surface area (Å²) < 4.78 is 7.01. The van der Waals surface area contributed by atoms with Crippen molar-refractivity contribution in [2.75, 3.05) is 11.9 Å². The molecule has 3 rings (SSSR count). The lowest BCUT2D eigenvalue weighted by Crippen LogP contribution is -2.25. The smallest absolute Gasteiger partial charge is 0.257 e. The number of anilines is 1. The average molecular weight is 315 g/mol. The maximum Gasteiger partial charge on any atom is 0.257 e. The molecule has 0 unspecified atom stereocenters. The number of benzene rings is 1. The van der Waals surface area contributed by atoms with Gasteiger partial charge >= 0.3 is 0 Å². The van der Waals surface area contributed by atoms with E-state index in [4.69, 9.17) is 4.74 Å². The maximum absolute atomic E-state index is 12.1. The first-order valence-electron chi connectivity index (χ1n) is 6.69. The van der Waals surface area contributed by atoms with E-state index in [0.29, 0.717) is 22.0 Å². The van der Waals surface area contributed by atoms with Gasteiger partial charge in [0.1, 0.15) is 5.75 Å². The Morgan fingerprint density at radius 1 is 1.36 bits per heavy atom. The average Bonchev–Trinajstić information content (AvgIpc) is 2.89. The monoisotopic (exact) mass is 315 g/mol. The van der Waals surface area contributed by atoms with Crippen molar-refractivity contribution < 1.29 is 14.3 Å². The molecule has 0 aliphatic carbocycles. The quantitative estimate of drug-likeness (QED) is 0.593. The minimum absolute atomic E-state index is 0.301. The number of hydrogen-bond donors (Lipinski definition) is 1. The topological polar surface area (TPSA) is 78.2 Å². The lowest BCUT2D eigenvalue weighted by atomic mass is 10.2. The number of carbonyl (C=O) groups excluding carboxylic acids is 1. The molecule has 0 fully saturated rings. The molecule has 1 amide bonds. The highest BCUT2D eigenvalue weighted by atomic mass is 32.1. The molecular formula is C15H13N3O3S. The first-order chi connectivity index (χ1) is 10.7. The van der Waals surface area contributed by atoms with Crippen LogP contribution in [0.1, 0.15) is 17.3 Å². The molecule has 22 heavy (non-hydrogen) atoms. The molecular weight excluding hydrogens is 302 g/mol. The fourth-order valence-electron chi connectivity index (χ4n) is 1.95. The fourth-order valence-corrected chi connectivity index (χ4v) is 2.84. The number of hydrogen-bond acceptors (Lipinski definition) is 5. The fraction of sp³-hybridized carbons (Fsp3) is 0.133. The lowest BCUT2D eigenvalue weighted by Gasteiger charge is -2.00. The van der Waals surface area contributed by atoms with Gasteiger partial charge in [-0.05, 0) is 25.1 Å². The summed E-state index contributed by atoms with van der Waals surface area (Å²) in [6.07, 6.45) is 2.56. The van der Waals surface area contributed by atoms with Crippen molar-refractivity contribution in [1.29, 1.82) is 0 Å². The van der Waals surface area contributed by atoms with E-state index >= 15 is 0 Å². The number of aromatic nitrogens is 2. The zero-order valence-electron chi connectivity index (χ0n) is 11.8. The molecule has 0 radical (unpaired) electrons. The normalized spacial score (nSPS) is 10.6. The largest absolute Gasteiger partial charge is 0.619 e. The van der Waals surface area contributed by atoms with Crippen LogP contribution >= 0.6 is 11.3 Å². The molecule has 0 bridgehead atoms. The van der Waals surface area contributed by atoms with Crippen LogP contribution in [0, 0.1) is 5.21 Å². The number of pyridine rings is 1. The van der Waals surface area contributed by atoms with Gasteiger partial charge in [-0.1, -0.05) is 11.3 Å². The first-order valence-corrected chi connectivity index (χ1v) is 7.51. The summed E-state index contributed by atoms with van der Waals surface area (Å²) in [4.78, 5) is 16.5. The molecule has 0 saturated heterocycles. The third kappa shape index (κ3) is 2.99. The second-order valence-electron chi connectivity index (χ2n) is 4.48. The summed E-state index contributed by atoms with van der Waals surface area (Å²) >= 11 is 1.37. The van der Waals surface area contributed by atoms with Crippen LogP contribution in [0.5, 0.6) is 5.75 Å². The Balaban J connectivity index is 1.81. The van der Waals surface area contributed by atoms with E-state index in [1.807, 2.05) is 25.1 Å². The summed E-state index contributed by atoms with van der Waals surface area (Å²) in [5, 5.41) is 14.2. The van der Waals surface area contributed by atoms with Gasteiger partial charge in [0, 0.05) is 12.1 Å². The number of ether oxygens (including phenoxy) is 1. The van der Waals surface area contributed by atoms with Crippen molar-refractivity contribution in [2.45, 2.75) is 6.92 Å². The predicted octanol–water partition coefficient (Wildman–Crippen LogP) is 2.58. The van der Waals surface area contributed by atoms with Crippen molar-refractivity contribution in [3.63, 3.8) is 0 Å². The summed E-state index contributed by atoms with van der Waals surface area (Å²) in [5.74, 6) is 0.476. The lowest BCUT2D eigenvalue weighted by molar-refractivity contribution is -0.605. The van der Waals surface area contributed by atoms with Crippen LogP contribution in [0.3, 0.4) is 0 Å². The number of carbonyl (C=O) groups is 1. The van der Waals surface area contributed by atoms with Crippen molar-refractivity contribution in [3.05, 3.63) is 53.5 Å². The van der Waals surface area contributed by atoms with Gasteiger partial charge in [-0.3, -0.25) is 10.1 Å². The second-order valence-corrected chi connectivity index (χ2v) is 5.51. The minimum atomic E-state index is -0.301. The summed E-state index contributed by atoms with van der Waals surface area (Å²) in [6.45, 7) is 2.52. The number of nitrogens with zero attached hydrogens (tertiary/aromatic N) is 2. The zero-order valence-corrected chi connectivity index (χ0v) is 12.6. The molecule has 0 aliphatic heterocycles. The Bertz CT molecular complexity index is 815. The Kier molecular flexibility index (Phi) is 3.88. The standard InChI is InChI=1S/C15H13N3O3S/c1-2-21-11-3-4-12-13(9-11)22-15(16-12)17-14(19)10-5-7-18(20)8-6-10/h3-9H,2H2,1H3,(H,16,17,19). The molecule has 3 aromatic rings. The summed E-state index contributed by atoms with van der Waals surface area (Å²) in [6, 6.07) is 8.53. The third-order valence-electron chi connectivity index (χ3n) is 2.96. The SMILES string of the molecule is CCOc1ccc2nc(NC(=O)c3cc[n+]([O-])cc3)sc2c1. The molecule has 1 N–H and O–H groups in total. The molecule has 0 saturated carbocycles. The second kappa shape index (κ2) is 5.98. The van der Waals surface area contributed by atoms with E-state index in [9.17, 15) is 10.0 Å². The molecule has 6 nitrogen and oxygen atoms in total. The van der Waals surface area contributed by atoms with E-state index < -0.39 is 0 Å². The Morgan fingerprint density at radius 3 is 2.86 bits per heavy atom. The van der Waals surface area contributed by atoms with E-state index in [2.05, 4.69) is 10.3 Å². The van der Waals surface area contributed by atoms with Gasteiger partial charge in [0.25, 0.3) is 5.91 Å². The third-order valence-corrected chi connectivity index (χ3v) is 3.89. The Morgan fingerprint density at radius 2 is 2.14 bits per heavy atom. The van der Waals surface area contributed by atoms with Crippen molar-refractivity contribution in [3.8, 4) is 5.75 Å². The van der Waals surface area contributed by atoms with E-state index in [0.717, 1.165) is 16.0 Å². The van der Waals surface area contributed by atoms with Crippen LogP contribution in [-0.4, -0.2) is 17.5 Å². The molecule has 2 heterocycles. The van der Waals surface area contributed by atoms with Crippen molar-refractivity contribution in [1.82, 2.24) is 4.98 Å². The number of nitrogens with one attached hydrogen (secondary N) is 1. The predicted molar refractivity (Wildman–Crippen MR) is 84.1 cm³/mol. The zero-order chi connectivity index (χ0) is 15.5. The van der Waals surface area contributed by atoms with Crippen molar-refractivity contribution >= 4 is 32.6 Å². The van der Waals surface area contributed by atoms with Gasteiger partial charge in [0.05, 0.1) is 22.4 Å². The number of fused-ring (bicyclic) bond motifs is 1. The van der Waals surface area contributed by atoms with Gasteiger partial charge in [-0.25, -0.2) is 4.98 Å². The van der Waals surface area contributed by atoms with E-state index in [1.54, 1.807) is 0 Å². The molecule has 7 heteroatoms. The van der Waals surface area contributed by atoms with Crippen LogP contribution in [0.2, 0.25) is 0 Å². The minimum Gasteiger partial charge on any atom is -0.619 e. The van der Waals surface area contributed by atoms with Gasteiger partial charge < -0.3 is 9.94 Å². The molecule has 0 spiro atoms. The van der Waals surface area contributed by atoms with Crippen molar-refractivity contribution in [2.24, 2.45) is 0 Å². The van der Waals surface area contributed by atoms with Gasteiger partial charge in [-0.15, -0.1) is 0 Å². The molecule has 0 aliphatic rings. The van der Waals surface area contributed by atoms with Gasteiger partial charge in [-0.2, -0.15) is 4.73 Å². The maximum atomic E-state index is 12.1. The summed E-state index contributed by atoms with van der Waals surface area (Å²) in [7, 11) is 0. The van der Waals surface area contributed by atoms with E-state index in [1.165, 1.54) is 35.9 Å². The van der Waals surface area contributed by atoms with E-state index in [-0.39, 0.29) is 5.91 Å². The number of thiazole rings is 1. The van der Waals surface area contributed by atoms with Crippen LogP contribution < -0.4 is 14.8 Å². The Labute approximate surface area is 130 Å². The molecule has 112 valence electrons. The Hall–Kier alpha value is -2.67. The van der Waals surface area contributed by atoms with Crippen LogP contribution in [0.4, 0.5) is 5.13 Å². The molecule has 1 aromatic carbocycles. The highest BCUT2D eigenvalue weighted by Gasteiger charge is 2.11. The number of amides is 1. The first kappa shape index (κ1) is 14.3. The summed E-state index contributed by atoms with van der Waals surface area (Å²) in [5.41, 5.74) is 1.20.